The molecule has 1 fully saturated rings. The van der Waals surface area contributed by atoms with Crippen molar-refractivity contribution in [2.45, 2.75) is 39.7 Å². The van der Waals surface area contributed by atoms with Crippen molar-refractivity contribution >= 4 is 11.7 Å². The van der Waals surface area contributed by atoms with Gasteiger partial charge in [0.25, 0.3) is 0 Å². The summed E-state index contributed by atoms with van der Waals surface area (Å²) in [5, 5.41) is 14.6. The van der Waals surface area contributed by atoms with Crippen LogP contribution in [0.5, 0.6) is 0 Å². The van der Waals surface area contributed by atoms with Crippen molar-refractivity contribution in [3.8, 4) is 0 Å². The second kappa shape index (κ2) is 6.04. The lowest BCUT2D eigenvalue weighted by Gasteiger charge is -2.43. The van der Waals surface area contributed by atoms with Crippen LogP contribution in [0.3, 0.4) is 0 Å². The van der Waals surface area contributed by atoms with Crippen LogP contribution in [0.4, 0.5) is 0 Å². The van der Waals surface area contributed by atoms with Gasteiger partial charge in [0.1, 0.15) is 5.41 Å². The Morgan fingerprint density at radius 2 is 2.22 bits per heavy atom. The van der Waals surface area contributed by atoms with Crippen LogP contribution in [0.1, 0.15) is 33.6 Å². The molecule has 6 heteroatoms. The number of oxime groups is 1. The highest BCUT2D eigenvalue weighted by Crippen LogP contribution is 2.45. The molecule has 1 aliphatic rings. The fourth-order valence-electron chi connectivity index (χ4n) is 2.36. The lowest BCUT2D eigenvalue weighted by Crippen LogP contribution is -2.57. The molecule has 0 aliphatic heterocycles. The van der Waals surface area contributed by atoms with Crippen LogP contribution >= 0.6 is 0 Å². The van der Waals surface area contributed by atoms with Crippen LogP contribution in [0.15, 0.2) is 5.16 Å². The van der Waals surface area contributed by atoms with Crippen molar-refractivity contribution in [2.75, 3.05) is 13.2 Å². The van der Waals surface area contributed by atoms with Gasteiger partial charge in [0.05, 0.1) is 12.7 Å². The molecule has 0 saturated heterocycles. The Balaban J connectivity index is 2.47. The van der Waals surface area contributed by atoms with Crippen LogP contribution in [0.2, 0.25) is 0 Å². The van der Waals surface area contributed by atoms with Crippen molar-refractivity contribution in [1.82, 2.24) is 5.32 Å². The monoisotopic (exact) mass is 257 g/mol. The normalized spacial score (nSPS) is 28.0. The molecule has 18 heavy (non-hydrogen) atoms. The molecule has 0 radical (unpaired) electrons. The van der Waals surface area contributed by atoms with E-state index < -0.39 is 5.41 Å². The minimum atomic E-state index is -0.827. The molecule has 0 unspecified atom stereocenters. The maximum absolute atomic E-state index is 12.1. The van der Waals surface area contributed by atoms with E-state index in [0.29, 0.717) is 31.9 Å². The first kappa shape index (κ1) is 14.8. The van der Waals surface area contributed by atoms with Crippen LogP contribution < -0.4 is 11.1 Å². The van der Waals surface area contributed by atoms with Crippen molar-refractivity contribution in [2.24, 2.45) is 22.2 Å². The maximum Gasteiger partial charge on any atom is 0.234 e. The predicted octanol–water partition coefficient (Wildman–Crippen LogP) is 0.690. The van der Waals surface area contributed by atoms with E-state index in [9.17, 15) is 4.79 Å². The second-order valence-corrected chi connectivity index (χ2v) is 5.26. The predicted molar refractivity (Wildman–Crippen MR) is 68.3 cm³/mol. The second-order valence-electron chi connectivity index (χ2n) is 5.26. The zero-order chi connectivity index (χ0) is 13.8. The van der Waals surface area contributed by atoms with E-state index in [-0.39, 0.29) is 17.8 Å². The van der Waals surface area contributed by atoms with Gasteiger partial charge in [-0.25, -0.2) is 0 Å². The topological polar surface area (TPSA) is 96.9 Å². The third kappa shape index (κ3) is 3.13. The molecule has 0 spiro atoms. The summed E-state index contributed by atoms with van der Waals surface area (Å²) >= 11 is 0. The number of amidine groups is 1. The first-order valence-electron chi connectivity index (χ1n) is 6.30. The lowest BCUT2D eigenvalue weighted by atomic mass is 9.61. The third-order valence-electron chi connectivity index (χ3n) is 3.27. The summed E-state index contributed by atoms with van der Waals surface area (Å²) in [7, 11) is 0. The first-order valence-corrected chi connectivity index (χ1v) is 6.30. The minimum absolute atomic E-state index is 0.00266. The van der Waals surface area contributed by atoms with Crippen LogP contribution in [0.25, 0.3) is 0 Å². The molecule has 4 N–H and O–H groups in total. The quantitative estimate of drug-likeness (QED) is 0.214. The molecule has 0 aromatic carbocycles. The van der Waals surface area contributed by atoms with Crippen LogP contribution in [-0.2, 0) is 9.53 Å². The number of amides is 1. The molecule has 1 rings (SSSR count). The fourth-order valence-corrected chi connectivity index (χ4v) is 2.36. The van der Waals surface area contributed by atoms with Crippen molar-refractivity contribution < 1.29 is 14.7 Å². The number of nitrogens with one attached hydrogen (secondary N) is 1. The molecule has 6 nitrogen and oxygen atoms in total. The number of nitrogens with zero attached hydrogens (tertiary/aromatic N) is 1. The maximum atomic E-state index is 12.1. The molecular weight excluding hydrogens is 234 g/mol. The molecule has 104 valence electrons. The van der Waals surface area contributed by atoms with E-state index >= 15 is 0 Å². The van der Waals surface area contributed by atoms with Gasteiger partial charge in [0.15, 0.2) is 5.84 Å². The van der Waals surface area contributed by atoms with Gasteiger partial charge in [0.2, 0.25) is 5.91 Å². The number of hydrogen-bond donors (Lipinski definition) is 3. The van der Waals surface area contributed by atoms with E-state index in [4.69, 9.17) is 15.7 Å². The van der Waals surface area contributed by atoms with E-state index in [1.165, 1.54) is 0 Å². The van der Waals surface area contributed by atoms with Gasteiger partial charge in [-0.3, -0.25) is 4.79 Å². The smallest absolute Gasteiger partial charge is 0.234 e. The largest absolute Gasteiger partial charge is 0.409 e. The molecule has 1 amide bonds. The van der Waals surface area contributed by atoms with Gasteiger partial charge in [-0.1, -0.05) is 12.1 Å². The molecule has 0 bridgehead atoms. The molecule has 0 aromatic heterocycles. The summed E-state index contributed by atoms with van der Waals surface area (Å²) in [6, 6.07) is 0. The Morgan fingerprint density at radius 1 is 1.61 bits per heavy atom. The van der Waals surface area contributed by atoms with Crippen molar-refractivity contribution in [3.05, 3.63) is 0 Å². The van der Waals surface area contributed by atoms with Crippen LogP contribution in [-0.4, -0.2) is 36.2 Å². The lowest BCUT2D eigenvalue weighted by molar-refractivity contribution is -0.133. The minimum Gasteiger partial charge on any atom is -0.409 e. The summed E-state index contributed by atoms with van der Waals surface area (Å²) in [4.78, 5) is 12.1. The Labute approximate surface area is 108 Å². The highest BCUT2D eigenvalue weighted by Gasteiger charge is 2.51. The number of hydrogen-bond acceptors (Lipinski definition) is 4. The summed E-state index contributed by atoms with van der Waals surface area (Å²) in [6.45, 7) is 6.82. The fraction of sp³-hybridized carbons (Fsp3) is 0.833. The van der Waals surface area contributed by atoms with Crippen molar-refractivity contribution in [1.29, 1.82) is 0 Å². The summed E-state index contributed by atoms with van der Waals surface area (Å²) in [5.74, 6) is 0.245. The van der Waals surface area contributed by atoms with Gasteiger partial charge in [0, 0.05) is 6.54 Å². The first-order chi connectivity index (χ1) is 8.42. The van der Waals surface area contributed by atoms with Crippen molar-refractivity contribution in [3.63, 3.8) is 0 Å². The third-order valence-corrected chi connectivity index (χ3v) is 3.27. The number of carbonyl (C=O) groups is 1. The number of nitrogens with two attached hydrogens (primary N) is 1. The molecule has 0 aromatic rings. The summed E-state index contributed by atoms with van der Waals surface area (Å²) in [5.41, 5.74) is 4.81. The zero-order valence-corrected chi connectivity index (χ0v) is 11.3. The van der Waals surface area contributed by atoms with E-state index in [0.717, 1.165) is 0 Å². The summed E-state index contributed by atoms with van der Waals surface area (Å²) in [6.07, 6.45) is 1.39. The average Bonchev–Trinajstić information content (AvgIpc) is 2.28. The average molecular weight is 257 g/mol. The Kier molecular flexibility index (Phi) is 4.95. The number of rotatable bonds is 6. The number of ether oxygens (including phenoxy) is 1. The van der Waals surface area contributed by atoms with E-state index in [1.54, 1.807) is 0 Å². The van der Waals surface area contributed by atoms with Crippen LogP contribution in [0, 0.1) is 11.3 Å². The SMILES string of the molecule is CC1CC(C(=O)NCCOC(C)C)(C(N)=NO)C1. The molecule has 1 aliphatic carbocycles. The van der Waals surface area contributed by atoms with E-state index in [2.05, 4.69) is 10.5 Å². The molecule has 0 heterocycles. The highest BCUT2D eigenvalue weighted by atomic mass is 16.5. The zero-order valence-electron chi connectivity index (χ0n) is 11.3. The van der Waals surface area contributed by atoms with Gasteiger partial charge in [-0.2, -0.15) is 0 Å². The molecular formula is C12H23N3O3. The van der Waals surface area contributed by atoms with E-state index in [1.807, 2.05) is 20.8 Å². The Bertz CT molecular complexity index is 323. The molecule has 1 saturated carbocycles. The van der Waals surface area contributed by atoms with Gasteiger partial charge in [-0.15, -0.1) is 0 Å². The number of carbonyl (C=O) groups excluding carboxylic acids is 1. The van der Waals surface area contributed by atoms with Gasteiger partial charge in [-0.05, 0) is 32.6 Å². The van der Waals surface area contributed by atoms with Gasteiger partial charge >= 0.3 is 0 Å². The standard InChI is InChI=1S/C12H23N3O3/c1-8(2)18-5-4-14-11(16)12(10(13)15-17)6-9(3)7-12/h8-9,17H,4-7H2,1-3H3,(H2,13,15)(H,14,16). The highest BCUT2D eigenvalue weighted by molar-refractivity contribution is 6.07. The Morgan fingerprint density at radius 3 is 2.67 bits per heavy atom. The summed E-state index contributed by atoms with van der Waals surface area (Å²) < 4.78 is 5.34. The Hall–Kier alpha value is -1.30. The van der Waals surface area contributed by atoms with Gasteiger partial charge < -0.3 is 21.0 Å². The molecule has 0 atom stereocenters.